The molecule has 2 fully saturated rings. The number of carbonyl (C=O) groups excluding carboxylic acids is 13. The Hall–Kier alpha value is -9.89. The summed E-state index contributed by atoms with van der Waals surface area (Å²) in [7, 11) is 1.77. The molecule has 0 unspecified atom stereocenters. The summed E-state index contributed by atoms with van der Waals surface area (Å²) >= 11 is 0. The lowest BCUT2D eigenvalue weighted by atomic mass is 9.99. The molecular weight excluding hydrogens is 1400 g/mol. The van der Waals surface area contributed by atoms with E-state index in [4.69, 9.17) is 23.3 Å². The summed E-state index contributed by atoms with van der Waals surface area (Å²) in [6.07, 6.45) is 5.81. The Kier molecular flexibility index (Phi) is 37.3. The number of aromatic hydroxyl groups is 2. The summed E-state index contributed by atoms with van der Waals surface area (Å²) in [5, 5.41) is 71.9. The van der Waals surface area contributed by atoms with Gasteiger partial charge in [-0.1, -0.05) is 87.4 Å². The van der Waals surface area contributed by atoms with E-state index in [9.17, 15) is 82.4 Å². The number of guanidine groups is 1. The number of carboxylic acid groups (broad SMARTS) is 1. The van der Waals surface area contributed by atoms with E-state index in [2.05, 4.69) is 75.0 Å². The molecule has 2 aliphatic heterocycles. The third-order valence-electron chi connectivity index (χ3n) is 16.8. The summed E-state index contributed by atoms with van der Waals surface area (Å²) < 4.78 is 0. The number of benzene rings is 2. The molecule has 0 radical (unpaired) electrons. The van der Waals surface area contributed by atoms with Gasteiger partial charge in [0.1, 0.15) is 78.0 Å². The Morgan fingerprint density at radius 3 is 1.67 bits per heavy atom. The van der Waals surface area contributed by atoms with E-state index in [0.717, 1.165) is 21.6 Å². The van der Waals surface area contributed by atoms with Gasteiger partial charge in [0.05, 0.1) is 13.1 Å². The molecule has 0 aliphatic carbocycles. The highest BCUT2D eigenvalue weighted by molar-refractivity contribution is 8.76. The van der Waals surface area contributed by atoms with E-state index in [1.807, 2.05) is 0 Å². The highest BCUT2D eigenvalue weighted by Crippen LogP contribution is 2.25. The molecule has 4 rings (SSSR count). The first-order valence-corrected chi connectivity index (χ1v) is 37.3. The Morgan fingerprint density at radius 2 is 1.12 bits per heavy atom. The molecule has 0 saturated carbocycles. The van der Waals surface area contributed by atoms with E-state index >= 15 is 0 Å². The average molecular weight is 1510 g/mol. The predicted octanol–water partition coefficient (Wildman–Crippen LogP) is -2.38. The highest BCUT2D eigenvalue weighted by Gasteiger charge is 2.40. The summed E-state index contributed by atoms with van der Waals surface area (Å²) in [4.78, 5) is 198. The fourth-order valence-electron chi connectivity index (χ4n) is 11.0. The fraction of sp³-hybridized carbons (Fsp3) is 0.580. The normalized spacial score (nSPS) is 24.2. The molecule has 0 bridgehead atoms. The maximum Gasteiger partial charge on any atom is 0.327 e. The number of terminal acetylenes is 1. The minimum Gasteiger partial charge on any atom is -0.508 e. The number of amides is 13. The van der Waals surface area contributed by atoms with Gasteiger partial charge in [0.25, 0.3) is 0 Å². The Morgan fingerprint density at radius 1 is 0.619 bits per heavy atom. The molecule has 105 heavy (non-hydrogen) atoms. The number of nitrogens with zero attached hydrogens (tertiary/aromatic N) is 1. The van der Waals surface area contributed by atoms with Crippen molar-refractivity contribution in [3.05, 3.63) is 59.7 Å². The quantitative estimate of drug-likeness (QED) is 0.0216. The Labute approximate surface area is 618 Å². The van der Waals surface area contributed by atoms with Crippen LogP contribution in [0.1, 0.15) is 124 Å². The number of nitrogens with one attached hydrogen (secondary N) is 14. The summed E-state index contributed by atoms with van der Waals surface area (Å²) in [6.45, 7) is 10.2. The van der Waals surface area contributed by atoms with Gasteiger partial charge in [-0.3, -0.25) is 67.7 Å². The van der Waals surface area contributed by atoms with E-state index in [1.54, 1.807) is 41.5 Å². The number of rotatable bonds is 20. The van der Waals surface area contributed by atoms with Crippen LogP contribution in [-0.4, -0.2) is 220 Å². The van der Waals surface area contributed by atoms with Crippen molar-refractivity contribution < 1.29 is 82.4 Å². The van der Waals surface area contributed by atoms with Gasteiger partial charge in [-0.15, -0.1) is 12.3 Å². The van der Waals surface area contributed by atoms with Gasteiger partial charge in [0.15, 0.2) is 5.96 Å². The molecule has 11 atom stereocenters. The third-order valence-corrected chi connectivity index (χ3v) is 19.2. The molecule has 34 nitrogen and oxygen atoms in total. The molecule has 0 spiro atoms. The van der Waals surface area contributed by atoms with Gasteiger partial charge >= 0.3 is 5.97 Å². The second-order valence-electron chi connectivity index (χ2n) is 26.7. The van der Waals surface area contributed by atoms with Gasteiger partial charge in [0, 0.05) is 50.3 Å². The average Bonchev–Trinajstić information content (AvgIpc) is 1.77. The van der Waals surface area contributed by atoms with Gasteiger partial charge in [-0.25, -0.2) is 4.79 Å². The van der Waals surface area contributed by atoms with Crippen LogP contribution in [0, 0.1) is 35.5 Å². The van der Waals surface area contributed by atoms with E-state index in [-0.39, 0.29) is 113 Å². The van der Waals surface area contributed by atoms with E-state index in [0.29, 0.717) is 24.0 Å². The number of hydrogen-bond donors (Lipinski definition) is 19. The lowest BCUT2D eigenvalue weighted by Crippen LogP contribution is -2.60. The number of aliphatic carboxylic acids is 1. The molecule has 21 N–H and O–H groups in total. The first-order chi connectivity index (χ1) is 49.7. The predicted molar refractivity (Wildman–Crippen MR) is 391 cm³/mol. The lowest BCUT2D eigenvalue weighted by molar-refractivity contribution is -0.142. The Bertz CT molecular complexity index is 3400. The molecule has 2 aromatic carbocycles. The smallest absolute Gasteiger partial charge is 0.327 e. The number of hydrogen-bond acceptors (Lipinski definition) is 20. The van der Waals surface area contributed by atoms with Crippen molar-refractivity contribution in [2.24, 2.45) is 29.2 Å². The van der Waals surface area contributed by atoms with Gasteiger partial charge in [-0.05, 0) is 118 Å². The van der Waals surface area contributed by atoms with Crippen molar-refractivity contribution in [2.45, 2.75) is 192 Å². The fourth-order valence-corrected chi connectivity index (χ4v) is 13.4. The summed E-state index contributed by atoms with van der Waals surface area (Å²) in [6, 6.07) is -4.15. The number of unbranched alkanes of at least 4 members (excludes halogenated alkanes) is 1. The first kappa shape index (κ1) is 87.5. The minimum atomic E-state index is -1.66. The zero-order valence-corrected chi connectivity index (χ0v) is 61.8. The van der Waals surface area contributed by atoms with E-state index < -0.39 is 180 Å². The topological polar surface area (TPSA) is 535 Å². The second kappa shape index (κ2) is 44.7. The number of phenolic OH excluding ortho intramolecular Hbond substituents is 2. The van der Waals surface area contributed by atoms with Crippen LogP contribution >= 0.6 is 21.6 Å². The zero-order valence-electron chi connectivity index (χ0n) is 60.2. The molecule has 2 heterocycles. The number of carboxylic acids is 1. The van der Waals surface area contributed by atoms with Gasteiger partial charge in [-0.2, -0.15) is 0 Å². The summed E-state index contributed by atoms with van der Waals surface area (Å²) in [5.41, 5.74) is 12.2. The molecule has 2 aliphatic rings. The van der Waals surface area contributed by atoms with Crippen molar-refractivity contribution in [1.29, 1.82) is 5.41 Å². The van der Waals surface area contributed by atoms with Crippen LogP contribution in [0.2, 0.25) is 0 Å². The number of nitrogens with two attached hydrogens (primary N) is 2. The monoisotopic (exact) mass is 1510 g/mol. The van der Waals surface area contributed by atoms with Gasteiger partial charge in [0.2, 0.25) is 76.8 Å². The van der Waals surface area contributed by atoms with Crippen LogP contribution in [0.3, 0.4) is 0 Å². The second-order valence-corrected chi connectivity index (χ2v) is 29.2. The lowest BCUT2D eigenvalue weighted by Gasteiger charge is -2.30. The van der Waals surface area contributed by atoms with Crippen molar-refractivity contribution in [2.75, 3.05) is 44.2 Å². The molecular formula is C69H103N17O17S2. The zero-order chi connectivity index (χ0) is 78.0. The molecule has 36 heteroatoms. The third kappa shape index (κ3) is 30.8. The van der Waals surface area contributed by atoms with Crippen molar-refractivity contribution in [3.63, 3.8) is 0 Å². The molecule has 2 saturated heterocycles. The van der Waals surface area contributed by atoms with Crippen LogP contribution < -0.4 is 80.6 Å². The van der Waals surface area contributed by atoms with Crippen LogP contribution in [0.4, 0.5) is 0 Å². The largest absolute Gasteiger partial charge is 0.508 e. The molecule has 0 aromatic heterocycles. The van der Waals surface area contributed by atoms with E-state index in [1.165, 1.54) is 60.4 Å². The Balaban J connectivity index is 1.78. The van der Waals surface area contributed by atoms with Crippen LogP contribution in [0.5, 0.6) is 11.5 Å². The maximum atomic E-state index is 14.6. The summed E-state index contributed by atoms with van der Waals surface area (Å²) in [5.74, 6) is -13.0. The minimum absolute atomic E-state index is 0.0282. The van der Waals surface area contributed by atoms with Gasteiger partial charge < -0.3 is 101 Å². The van der Waals surface area contributed by atoms with Crippen LogP contribution in [0.15, 0.2) is 48.5 Å². The molecule has 2 aromatic rings. The van der Waals surface area contributed by atoms with Crippen molar-refractivity contribution in [3.8, 4) is 23.8 Å². The standard InChI is InChI=1S/C69H103N17O17S2/c1-9-10-18-53(89)78-50-35-104-105-36-51(68(102)103)83-60(94)45(15-11-12-27-70)79-59(93)46(16-13-28-73-69(71)72)80-66(100)57(39(6)7)85-61(95)47(31-41-19-23-43(87)24-20-41)77-55(91)34-74-54(90)33-75-64(98)52-17-14-29-86(52)67(101)49(30-37(2)3)82-58(92)40(8)76-65(99)56(38(4)5)84-62(96)48(81-63(50)97)32-42-21-25-44(88)26-22-42/h1,19-26,37-40,45-52,56-57,87-88H,10-18,27-36,70H2,2-8H3,(H,74,90)(H,75,98)(H,76,99)(H,77,91)(H,78,89)(H,79,93)(H,80,100)(H,81,97)(H,82,92)(H,83,94)(H,84,96)(H,85,95)(H,102,103)(H4,71,72,73)/t40-,45-,46-,47-,48-,49-,50-,51-,52-,56-,57-/m0/s1. The SMILES string of the molecule is C#CCCC(=O)N[C@H]1CSSC[C@@H](C(=O)O)NC(=O)[C@H](CCCCN)NC(=O)[C@H](CCCNC(=N)N)NC(=O)[C@H](C(C)C)NC(=O)[C@H](Cc2ccc(O)cc2)NC(=O)CNC(=O)CNC(=O)[C@@H]2CCCN2C(=O)[C@H](CC(C)C)NC(=O)[C@H](C)NC(=O)[C@H](C(C)C)NC(=O)[C@H](Cc2ccc(O)cc2)NC1=O. The molecule has 13 amide bonds. The molecule has 578 valence electrons. The van der Waals surface area contributed by atoms with Crippen LogP contribution in [-0.2, 0) is 80.0 Å². The number of carbonyl (C=O) groups is 14. The first-order valence-electron chi connectivity index (χ1n) is 34.8. The maximum absolute atomic E-state index is 14.6. The van der Waals surface area contributed by atoms with Crippen molar-refractivity contribution >= 4 is 110 Å². The highest BCUT2D eigenvalue weighted by atomic mass is 33.1. The number of phenols is 2. The van der Waals surface area contributed by atoms with Crippen LogP contribution in [0.25, 0.3) is 0 Å². The number of fused-ring (bicyclic) bond motifs is 1. The van der Waals surface area contributed by atoms with Crippen molar-refractivity contribution in [1.82, 2.24) is 74.0 Å².